The van der Waals surface area contributed by atoms with E-state index in [-0.39, 0.29) is 24.3 Å². The second-order valence-electron chi connectivity index (χ2n) is 9.02. The molecule has 220 valence electrons. The first-order valence-corrected chi connectivity index (χ1v) is 14.5. The Balaban J connectivity index is 0.000000230. The van der Waals surface area contributed by atoms with E-state index in [2.05, 4.69) is 45.2 Å². The fourth-order valence-corrected chi connectivity index (χ4v) is 4.85. The number of phenolic OH excluding ortho intramolecular Hbond substituents is 2. The van der Waals surface area contributed by atoms with E-state index < -0.39 is 24.0 Å². The monoisotopic (exact) mass is 798 g/mol. The third kappa shape index (κ3) is 10.3. The van der Waals surface area contributed by atoms with Crippen molar-refractivity contribution >= 4 is 57.1 Å². The number of nitrogens with two attached hydrogens (primary N) is 2. The summed E-state index contributed by atoms with van der Waals surface area (Å²) in [5.74, 6) is 0.859. The van der Waals surface area contributed by atoms with Gasteiger partial charge in [0.1, 0.15) is 46.6 Å². The third-order valence-corrected chi connectivity index (χ3v) is 7.35. The normalized spacial score (nSPS) is 11.9. The van der Waals surface area contributed by atoms with Gasteiger partial charge in [0.2, 0.25) is 0 Å². The number of ether oxygens (including phenoxy) is 2. The van der Waals surface area contributed by atoms with Crippen LogP contribution in [0.1, 0.15) is 11.1 Å². The van der Waals surface area contributed by atoms with Gasteiger partial charge in [0.25, 0.3) is 0 Å². The minimum absolute atomic E-state index is 0.176. The smallest absolute Gasteiger partial charge is 0.320 e. The molecule has 4 aromatic rings. The molecule has 42 heavy (non-hydrogen) atoms. The number of carbonyl (C=O) groups is 2. The van der Waals surface area contributed by atoms with E-state index >= 15 is 0 Å². The number of rotatable bonds is 10. The van der Waals surface area contributed by atoms with E-state index in [1.54, 1.807) is 72.8 Å². The highest BCUT2D eigenvalue weighted by Crippen LogP contribution is 2.30. The van der Waals surface area contributed by atoms with Gasteiger partial charge in [-0.15, -0.1) is 0 Å². The Morgan fingerprint density at radius 2 is 0.952 bits per heavy atom. The number of carboxylic acids is 2. The maximum absolute atomic E-state index is 10.8. The minimum atomic E-state index is -1.02. The van der Waals surface area contributed by atoms with Gasteiger partial charge in [0, 0.05) is 0 Å². The largest absolute Gasteiger partial charge is 0.508 e. The molecule has 0 aliphatic rings. The Labute approximate surface area is 269 Å². The van der Waals surface area contributed by atoms with Crippen LogP contribution in [-0.2, 0) is 22.4 Å². The van der Waals surface area contributed by atoms with Crippen LogP contribution in [-0.4, -0.2) is 44.4 Å². The summed E-state index contributed by atoms with van der Waals surface area (Å²) in [6, 6.07) is 21.8. The molecule has 10 nitrogen and oxygen atoms in total. The van der Waals surface area contributed by atoms with Crippen LogP contribution in [0.25, 0.3) is 0 Å². The molecule has 0 unspecified atom stereocenters. The molecule has 0 spiro atoms. The average molecular weight is 798 g/mol. The van der Waals surface area contributed by atoms with Crippen molar-refractivity contribution in [3.8, 4) is 34.5 Å². The Morgan fingerprint density at radius 1 is 0.619 bits per heavy atom. The predicted octanol–water partition coefficient (Wildman–Crippen LogP) is 5.49. The minimum Gasteiger partial charge on any atom is -0.508 e. The van der Waals surface area contributed by atoms with Gasteiger partial charge in [0.05, 0.1) is 7.14 Å². The molecule has 8 N–H and O–H groups in total. The number of hydrogen-bond acceptors (Lipinski definition) is 8. The SMILES string of the molecule is N[C@@H](Cc1ccc(Oc2ccc(O)cc2)c(I)c1)C(=O)O.N[C@@H](Cc1ccc(Oc2ccc(O)cc2)c(I)c1)C(=O)O. The molecule has 0 aliphatic heterocycles. The van der Waals surface area contributed by atoms with Crippen LogP contribution < -0.4 is 20.9 Å². The van der Waals surface area contributed by atoms with Crippen molar-refractivity contribution in [1.29, 1.82) is 0 Å². The number of halogens is 2. The zero-order valence-corrected chi connectivity index (χ0v) is 26.3. The van der Waals surface area contributed by atoms with Crippen LogP contribution in [0.5, 0.6) is 34.5 Å². The van der Waals surface area contributed by atoms with Crippen LogP contribution in [0.2, 0.25) is 0 Å². The average Bonchev–Trinajstić information content (AvgIpc) is 2.94. The van der Waals surface area contributed by atoms with E-state index in [0.717, 1.165) is 18.3 Å². The first kappa shape index (κ1) is 32.9. The number of carboxylic acid groups (broad SMARTS) is 2. The number of aromatic hydroxyl groups is 2. The van der Waals surface area contributed by atoms with Crippen LogP contribution in [0.15, 0.2) is 84.9 Å². The van der Waals surface area contributed by atoms with E-state index in [1.807, 2.05) is 12.1 Å². The molecule has 0 saturated carbocycles. The van der Waals surface area contributed by atoms with Gasteiger partial charge >= 0.3 is 11.9 Å². The molecule has 0 radical (unpaired) electrons. The van der Waals surface area contributed by atoms with Crippen molar-refractivity contribution in [2.45, 2.75) is 24.9 Å². The Morgan fingerprint density at radius 3 is 1.24 bits per heavy atom. The molecule has 0 aliphatic carbocycles. The van der Waals surface area contributed by atoms with Gasteiger partial charge in [-0.1, -0.05) is 12.1 Å². The van der Waals surface area contributed by atoms with Crippen molar-refractivity contribution in [3.63, 3.8) is 0 Å². The van der Waals surface area contributed by atoms with Gasteiger partial charge in [-0.3, -0.25) is 9.59 Å². The van der Waals surface area contributed by atoms with Crippen molar-refractivity contribution in [2.75, 3.05) is 0 Å². The van der Waals surface area contributed by atoms with E-state index in [4.69, 9.17) is 31.2 Å². The maximum atomic E-state index is 10.8. The van der Waals surface area contributed by atoms with Gasteiger partial charge in [0.15, 0.2) is 0 Å². The van der Waals surface area contributed by atoms with E-state index in [0.29, 0.717) is 23.0 Å². The van der Waals surface area contributed by atoms with Crippen molar-refractivity contribution < 1.29 is 39.5 Å². The summed E-state index contributed by atoms with van der Waals surface area (Å²) in [5.41, 5.74) is 12.7. The molecule has 0 bridgehead atoms. The Bertz CT molecular complexity index is 1400. The Hall–Kier alpha value is -3.60. The van der Waals surface area contributed by atoms with Crippen molar-refractivity contribution in [1.82, 2.24) is 0 Å². The van der Waals surface area contributed by atoms with Gasteiger partial charge in [-0.2, -0.15) is 0 Å². The van der Waals surface area contributed by atoms with E-state index in [9.17, 15) is 19.8 Å². The molecule has 0 aromatic heterocycles. The third-order valence-electron chi connectivity index (χ3n) is 5.67. The summed E-state index contributed by atoms with van der Waals surface area (Å²) in [7, 11) is 0. The zero-order chi connectivity index (χ0) is 30.8. The lowest BCUT2D eigenvalue weighted by atomic mass is 10.1. The lowest BCUT2D eigenvalue weighted by Gasteiger charge is -2.11. The first-order valence-electron chi connectivity index (χ1n) is 12.4. The molecule has 4 rings (SSSR count). The van der Waals surface area contributed by atoms with Gasteiger partial charge < -0.3 is 41.4 Å². The molecular formula is C30H28I2N2O8. The van der Waals surface area contributed by atoms with Crippen LogP contribution >= 0.6 is 45.2 Å². The molecule has 0 amide bonds. The second-order valence-corrected chi connectivity index (χ2v) is 11.3. The molecule has 0 saturated heterocycles. The van der Waals surface area contributed by atoms with Crippen LogP contribution in [0.3, 0.4) is 0 Å². The zero-order valence-electron chi connectivity index (χ0n) is 22.0. The predicted molar refractivity (Wildman–Crippen MR) is 173 cm³/mol. The molecule has 12 heteroatoms. The number of hydrogen-bond donors (Lipinski definition) is 6. The standard InChI is InChI=1S/2C15H14INO4/c2*16-12-7-9(8-13(17)15(19)20)1-6-14(12)21-11-4-2-10(18)3-5-11/h2*1-7,13,18H,8,17H2,(H,19,20)/t2*13-/m00/s1. The fraction of sp³-hybridized carbons (Fsp3) is 0.133. The van der Waals surface area contributed by atoms with Crippen LogP contribution in [0, 0.1) is 7.14 Å². The highest BCUT2D eigenvalue weighted by atomic mass is 127. The fourth-order valence-electron chi connectivity index (χ4n) is 3.47. The molecule has 2 atom stereocenters. The lowest BCUT2D eigenvalue weighted by molar-refractivity contribution is -0.139. The van der Waals surface area contributed by atoms with Gasteiger partial charge in [-0.05, 0) is 142 Å². The summed E-state index contributed by atoms with van der Waals surface area (Å²) >= 11 is 4.24. The number of benzene rings is 4. The highest BCUT2D eigenvalue weighted by molar-refractivity contribution is 14.1. The molecule has 0 heterocycles. The van der Waals surface area contributed by atoms with Crippen molar-refractivity contribution in [2.24, 2.45) is 11.5 Å². The first-order chi connectivity index (χ1) is 19.9. The maximum Gasteiger partial charge on any atom is 0.320 e. The second kappa shape index (κ2) is 15.6. The molecular weight excluding hydrogens is 770 g/mol. The molecule has 0 fully saturated rings. The number of aliphatic carboxylic acids is 2. The highest BCUT2D eigenvalue weighted by Gasteiger charge is 2.14. The summed E-state index contributed by atoms with van der Waals surface area (Å²) in [4.78, 5) is 21.5. The summed E-state index contributed by atoms with van der Waals surface area (Å²) in [5, 5.41) is 36.1. The van der Waals surface area contributed by atoms with Gasteiger partial charge in [-0.25, -0.2) is 0 Å². The van der Waals surface area contributed by atoms with Crippen molar-refractivity contribution in [3.05, 3.63) is 103 Å². The topological polar surface area (TPSA) is 186 Å². The molecule has 4 aromatic carbocycles. The summed E-state index contributed by atoms with van der Waals surface area (Å²) in [6.45, 7) is 0. The quantitative estimate of drug-likeness (QED) is 0.112. The van der Waals surface area contributed by atoms with Crippen LogP contribution in [0.4, 0.5) is 0 Å². The Kier molecular flexibility index (Phi) is 12.2. The lowest BCUT2D eigenvalue weighted by Crippen LogP contribution is -2.32. The number of phenols is 2. The summed E-state index contributed by atoms with van der Waals surface area (Å²) < 4.78 is 13.1. The summed E-state index contributed by atoms with van der Waals surface area (Å²) in [6.07, 6.45) is 0.537. The van der Waals surface area contributed by atoms with E-state index in [1.165, 1.54) is 0 Å².